The van der Waals surface area contributed by atoms with Crippen LogP contribution in [0.3, 0.4) is 0 Å². The van der Waals surface area contributed by atoms with Gasteiger partial charge in [-0.1, -0.05) is 12.8 Å². The fourth-order valence-electron chi connectivity index (χ4n) is 3.49. The molecule has 1 aromatic heterocycles. The molecule has 0 spiro atoms. The first-order chi connectivity index (χ1) is 11.5. The van der Waals surface area contributed by atoms with Gasteiger partial charge in [0, 0.05) is 17.8 Å². The normalized spacial score (nSPS) is 26.1. The van der Waals surface area contributed by atoms with Gasteiger partial charge in [0.25, 0.3) is 5.91 Å². The molecule has 0 unspecified atom stereocenters. The number of nitrogens with one attached hydrogen (secondary N) is 2. The molecule has 24 heavy (non-hydrogen) atoms. The highest BCUT2D eigenvalue weighted by Crippen LogP contribution is 2.34. The van der Waals surface area contributed by atoms with E-state index in [2.05, 4.69) is 27.5 Å². The van der Waals surface area contributed by atoms with Gasteiger partial charge in [0.2, 0.25) is 5.95 Å². The van der Waals surface area contributed by atoms with E-state index >= 15 is 0 Å². The van der Waals surface area contributed by atoms with Crippen LogP contribution in [0, 0.1) is 0 Å². The smallest absolute Gasteiger partial charge is 0.254 e. The number of aliphatic hydroxyl groups is 1. The zero-order valence-corrected chi connectivity index (χ0v) is 14.2. The van der Waals surface area contributed by atoms with E-state index < -0.39 is 5.91 Å². The number of carbonyl (C=O) groups excluding carboxylic acids is 1. The number of anilines is 2. The van der Waals surface area contributed by atoms with Crippen molar-refractivity contribution in [3.05, 3.63) is 11.8 Å². The van der Waals surface area contributed by atoms with E-state index in [0.29, 0.717) is 18.2 Å². The Hall–Kier alpha value is -1.89. The number of carbonyl (C=O) groups is 1. The lowest BCUT2D eigenvalue weighted by Crippen LogP contribution is -2.42. The van der Waals surface area contributed by atoms with Crippen LogP contribution in [-0.2, 0) is 0 Å². The Bertz CT molecular complexity index is 603. The molecule has 0 radical (unpaired) electrons. The predicted octanol–water partition coefficient (Wildman–Crippen LogP) is 2.04. The van der Waals surface area contributed by atoms with Crippen molar-refractivity contribution in [2.24, 2.45) is 5.73 Å². The molecular formula is C17H27N5O2. The highest BCUT2D eigenvalue weighted by atomic mass is 16.3. The summed E-state index contributed by atoms with van der Waals surface area (Å²) in [6, 6.07) is 0.0858. The van der Waals surface area contributed by atoms with Crippen LogP contribution < -0.4 is 16.4 Å². The molecule has 2 atom stereocenters. The molecule has 1 heterocycles. The van der Waals surface area contributed by atoms with Gasteiger partial charge in [0.15, 0.2) is 0 Å². The van der Waals surface area contributed by atoms with E-state index in [1.807, 2.05) is 0 Å². The standard InChI is InChI=1S/C17H27N5O2/c1-17(7-4-8-17)22-16-19-10-13(14(18)24)15(21-16)20-11-5-2-3-6-12(23)9-11/h10-12,23H,2-9H2,1H3,(H2,18,24)(H2,19,20,21,22)/t11-,12+/m1/s1. The molecule has 2 fully saturated rings. The molecule has 2 aliphatic rings. The molecule has 132 valence electrons. The van der Waals surface area contributed by atoms with Crippen LogP contribution in [0.25, 0.3) is 0 Å². The van der Waals surface area contributed by atoms with Crippen LogP contribution in [0.4, 0.5) is 11.8 Å². The Morgan fingerprint density at radius 1 is 1.33 bits per heavy atom. The molecule has 2 saturated carbocycles. The van der Waals surface area contributed by atoms with Crippen molar-refractivity contribution in [2.75, 3.05) is 10.6 Å². The minimum absolute atomic E-state index is 0.0318. The third kappa shape index (κ3) is 3.95. The maximum absolute atomic E-state index is 11.7. The number of nitrogens with two attached hydrogens (primary N) is 1. The van der Waals surface area contributed by atoms with Gasteiger partial charge >= 0.3 is 0 Å². The highest BCUT2D eigenvalue weighted by Gasteiger charge is 2.32. The SMILES string of the molecule is CC1(Nc2ncc(C(N)=O)c(N[C@@H]3CCCC[C@H](O)C3)n2)CCC1. The van der Waals surface area contributed by atoms with Gasteiger partial charge in [-0.2, -0.15) is 4.98 Å². The van der Waals surface area contributed by atoms with E-state index in [1.165, 1.54) is 12.6 Å². The third-order valence-electron chi connectivity index (χ3n) is 5.16. The summed E-state index contributed by atoms with van der Waals surface area (Å²) in [5.74, 6) is 0.425. The average Bonchev–Trinajstić information content (AvgIpc) is 2.69. The fourth-order valence-corrected chi connectivity index (χ4v) is 3.49. The van der Waals surface area contributed by atoms with Gasteiger partial charge in [-0.05, 0) is 45.4 Å². The van der Waals surface area contributed by atoms with Crippen molar-refractivity contribution < 1.29 is 9.90 Å². The number of amides is 1. The number of nitrogens with zero attached hydrogens (tertiary/aromatic N) is 2. The van der Waals surface area contributed by atoms with Gasteiger partial charge in [-0.15, -0.1) is 0 Å². The first kappa shape index (κ1) is 17.0. The van der Waals surface area contributed by atoms with Crippen molar-refractivity contribution >= 4 is 17.7 Å². The molecule has 3 rings (SSSR count). The van der Waals surface area contributed by atoms with Crippen LogP contribution in [0.2, 0.25) is 0 Å². The van der Waals surface area contributed by atoms with Crippen molar-refractivity contribution in [3.63, 3.8) is 0 Å². The second-order valence-corrected chi connectivity index (χ2v) is 7.37. The molecular weight excluding hydrogens is 306 g/mol. The van der Waals surface area contributed by atoms with Crippen LogP contribution in [-0.4, -0.2) is 38.7 Å². The predicted molar refractivity (Wildman–Crippen MR) is 92.9 cm³/mol. The molecule has 1 aromatic rings. The van der Waals surface area contributed by atoms with E-state index in [0.717, 1.165) is 38.5 Å². The maximum Gasteiger partial charge on any atom is 0.254 e. The van der Waals surface area contributed by atoms with E-state index in [4.69, 9.17) is 5.73 Å². The quantitative estimate of drug-likeness (QED) is 0.613. The summed E-state index contributed by atoms with van der Waals surface area (Å²) in [7, 11) is 0. The molecule has 0 saturated heterocycles. The van der Waals surface area contributed by atoms with E-state index in [1.54, 1.807) is 0 Å². The highest BCUT2D eigenvalue weighted by molar-refractivity contribution is 5.97. The molecule has 0 aliphatic heterocycles. The Morgan fingerprint density at radius 2 is 2.08 bits per heavy atom. The van der Waals surface area contributed by atoms with Gasteiger partial charge in [-0.3, -0.25) is 4.79 Å². The van der Waals surface area contributed by atoms with Crippen molar-refractivity contribution in [3.8, 4) is 0 Å². The molecule has 0 bridgehead atoms. The minimum Gasteiger partial charge on any atom is -0.393 e. The summed E-state index contributed by atoms with van der Waals surface area (Å²) in [5.41, 5.74) is 5.79. The Kier molecular flexibility index (Phi) is 4.89. The van der Waals surface area contributed by atoms with Crippen LogP contribution >= 0.6 is 0 Å². The van der Waals surface area contributed by atoms with Gasteiger partial charge in [0.1, 0.15) is 5.82 Å². The molecule has 7 heteroatoms. The van der Waals surface area contributed by atoms with Crippen molar-refractivity contribution in [1.29, 1.82) is 0 Å². The van der Waals surface area contributed by atoms with Gasteiger partial charge in [0.05, 0.1) is 11.7 Å². The van der Waals surface area contributed by atoms with E-state index in [-0.39, 0.29) is 23.2 Å². The molecule has 2 aliphatic carbocycles. The molecule has 7 nitrogen and oxygen atoms in total. The third-order valence-corrected chi connectivity index (χ3v) is 5.16. The molecule has 5 N–H and O–H groups in total. The van der Waals surface area contributed by atoms with Crippen LogP contribution in [0.5, 0.6) is 0 Å². The van der Waals surface area contributed by atoms with E-state index in [9.17, 15) is 9.90 Å². The van der Waals surface area contributed by atoms with Gasteiger partial charge < -0.3 is 21.5 Å². The summed E-state index contributed by atoms with van der Waals surface area (Å²) in [6.07, 6.45) is 9.06. The lowest BCUT2D eigenvalue weighted by atomic mass is 9.79. The summed E-state index contributed by atoms with van der Waals surface area (Å²) in [6.45, 7) is 2.15. The number of hydrogen-bond acceptors (Lipinski definition) is 6. The Morgan fingerprint density at radius 3 is 2.75 bits per heavy atom. The molecule has 1 amide bonds. The lowest BCUT2D eigenvalue weighted by Gasteiger charge is -2.39. The van der Waals surface area contributed by atoms with Crippen molar-refractivity contribution in [1.82, 2.24) is 9.97 Å². The number of aliphatic hydroxyl groups excluding tert-OH is 1. The van der Waals surface area contributed by atoms with Crippen molar-refractivity contribution in [2.45, 2.75) is 76.0 Å². The summed E-state index contributed by atoms with van der Waals surface area (Å²) in [4.78, 5) is 20.4. The van der Waals surface area contributed by atoms with Gasteiger partial charge in [-0.25, -0.2) is 4.98 Å². The maximum atomic E-state index is 11.7. The number of aromatic nitrogens is 2. The second kappa shape index (κ2) is 6.93. The summed E-state index contributed by atoms with van der Waals surface area (Å²) < 4.78 is 0. The zero-order valence-electron chi connectivity index (χ0n) is 14.2. The lowest BCUT2D eigenvalue weighted by molar-refractivity contribution is 0.100. The fraction of sp³-hybridized carbons (Fsp3) is 0.706. The Labute approximate surface area is 142 Å². The van der Waals surface area contributed by atoms with Crippen LogP contribution in [0.15, 0.2) is 6.20 Å². The number of primary amides is 1. The van der Waals surface area contributed by atoms with Crippen LogP contribution in [0.1, 0.15) is 68.6 Å². The molecule has 0 aromatic carbocycles. The topological polar surface area (TPSA) is 113 Å². The Balaban J connectivity index is 1.78. The second-order valence-electron chi connectivity index (χ2n) is 7.37. The summed E-state index contributed by atoms with van der Waals surface area (Å²) in [5, 5.41) is 16.7. The largest absolute Gasteiger partial charge is 0.393 e. The first-order valence-electron chi connectivity index (χ1n) is 8.85. The first-order valence-corrected chi connectivity index (χ1v) is 8.85. The number of rotatable bonds is 5. The summed E-state index contributed by atoms with van der Waals surface area (Å²) >= 11 is 0. The average molecular weight is 333 g/mol. The zero-order chi connectivity index (χ0) is 17.2. The minimum atomic E-state index is -0.548. The monoisotopic (exact) mass is 333 g/mol. The number of hydrogen-bond donors (Lipinski definition) is 4.